The predicted octanol–water partition coefficient (Wildman–Crippen LogP) is 3.56. The van der Waals surface area contributed by atoms with Gasteiger partial charge in [0, 0.05) is 10.7 Å². The van der Waals surface area contributed by atoms with Gasteiger partial charge >= 0.3 is 5.69 Å². The van der Waals surface area contributed by atoms with Crippen molar-refractivity contribution >= 4 is 34.3 Å². The summed E-state index contributed by atoms with van der Waals surface area (Å²) in [6.07, 6.45) is 1.44. The summed E-state index contributed by atoms with van der Waals surface area (Å²) in [6, 6.07) is 17.0. The van der Waals surface area contributed by atoms with Gasteiger partial charge in [-0.25, -0.2) is 14.8 Å². The summed E-state index contributed by atoms with van der Waals surface area (Å²) >= 11 is 5.91. The summed E-state index contributed by atoms with van der Waals surface area (Å²) in [5.74, 6) is 0.538. The lowest BCUT2D eigenvalue weighted by Gasteiger charge is -2.07. The maximum Gasteiger partial charge on any atom is 0.328 e. The van der Waals surface area contributed by atoms with E-state index in [0.717, 1.165) is 11.3 Å². The van der Waals surface area contributed by atoms with E-state index in [1.165, 1.54) is 6.33 Å². The summed E-state index contributed by atoms with van der Waals surface area (Å²) in [5.41, 5.74) is 2.74. The monoisotopic (exact) mass is 351 g/mol. The van der Waals surface area contributed by atoms with Crippen molar-refractivity contribution in [1.82, 2.24) is 19.5 Å². The molecule has 25 heavy (non-hydrogen) atoms. The van der Waals surface area contributed by atoms with E-state index in [2.05, 4.69) is 20.3 Å². The van der Waals surface area contributed by atoms with E-state index >= 15 is 0 Å². The number of nitrogens with zero attached hydrogens (tertiary/aromatic N) is 3. The molecule has 0 amide bonds. The van der Waals surface area contributed by atoms with Gasteiger partial charge in [0.05, 0.1) is 6.54 Å². The molecule has 4 rings (SSSR count). The Balaban J connectivity index is 1.74. The van der Waals surface area contributed by atoms with Gasteiger partial charge in [0.25, 0.3) is 0 Å². The topological polar surface area (TPSA) is 75.6 Å². The molecule has 124 valence electrons. The Kier molecular flexibility index (Phi) is 3.95. The van der Waals surface area contributed by atoms with Gasteiger partial charge in [-0.15, -0.1) is 0 Å². The third kappa shape index (κ3) is 3.12. The summed E-state index contributed by atoms with van der Waals surface area (Å²) in [4.78, 5) is 23.7. The zero-order valence-corrected chi connectivity index (χ0v) is 13.9. The quantitative estimate of drug-likeness (QED) is 0.589. The number of fused-ring (bicyclic) bond motifs is 1. The fraction of sp³-hybridized carbons (Fsp3) is 0.0556. The molecule has 0 radical (unpaired) electrons. The Morgan fingerprint density at radius 2 is 1.80 bits per heavy atom. The predicted molar refractivity (Wildman–Crippen MR) is 98.4 cm³/mol. The normalized spacial score (nSPS) is 10.9. The lowest BCUT2D eigenvalue weighted by molar-refractivity contribution is 0.777. The first-order valence-electron chi connectivity index (χ1n) is 7.71. The third-order valence-corrected chi connectivity index (χ3v) is 4.10. The van der Waals surface area contributed by atoms with Crippen molar-refractivity contribution in [3.05, 3.63) is 82.0 Å². The molecule has 2 aromatic carbocycles. The summed E-state index contributed by atoms with van der Waals surface area (Å²) in [7, 11) is 0. The number of hydrogen-bond donors (Lipinski definition) is 2. The first-order valence-corrected chi connectivity index (χ1v) is 8.08. The lowest BCUT2D eigenvalue weighted by Crippen LogP contribution is -2.17. The molecule has 6 nitrogen and oxygen atoms in total. The van der Waals surface area contributed by atoms with Gasteiger partial charge in [0.2, 0.25) is 0 Å². The van der Waals surface area contributed by atoms with E-state index in [1.54, 1.807) is 16.7 Å². The van der Waals surface area contributed by atoms with Crippen LogP contribution in [0.1, 0.15) is 5.56 Å². The molecule has 0 saturated carbocycles. The highest BCUT2D eigenvalue weighted by atomic mass is 35.5. The molecule has 0 aliphatic heterocycles. The average Bonchev–Trinajstić information content (AvgIpc) is 2.95. The van der Waals surface area contributed by atoms with Crippen LogP contribution in [0.25, 0.3) is 11.2 Å². The van der Waals surface area contributed by atoms with Gasteiger partial charge in [-0.2, -0.15) is 0 Å². The number of benzene rings is 2. The van der Waals surface area contributed by atoms with E-state index in [1.807, 2.05) is 42.5 Å². The maximum atomic E-state index is 12.4. The number of nitrogens with one attached hydrogen (secondary N) is 2. The number of rotatable bonds is 4. The van der Waals surface area contributed by atoms with Crippen molar-refractivity contribution in [3.8, 4) is 0 Å². The molecule has 0 aliphatic carbocycles. The number of H-pyrrole nitrogens is 1. The first kappa shape index (κ1) is 15.4. The maximum absolute atomic E-state index is 12.4. The fourth-order valence-corrected chi connectivity index (χ4v) is 2.77. The standard InChI is InChI=1S/C18H14ClN5O/c19-13-6-8-14(9-7-13)22-16-15-17(21-11-20-16)24(18(25)23-15)10-12-4-2-1-3-5-12/h1-9,11H,10H2,(H,23,25)(H,20,21,22). The molecule has 0 bridgehead atoms. The molecule has 2 N–H and O–H groups in total. The molecule has 0 atom stereocenters. The Bertz CT molecular complexity index is 1070. The summed E-state index contributed by atoms with van der Waals surface area (Å²) in [6.45, 7) is 0.442. The minimum absolute atomic E-state index is 0.224. The second-order valence-electron chi connectivity index (χ2n) is 5.55. The van der Waals surface area contributed by atoms with Gasteiger partial charge in [-0.05, 0) is 29.8 Å². The summed E-state index contributed by atoms with van der Waals surface area (Å²) < 4.78 is 1.60. The minimum Gasteiger partial charge on any atom is -0.338 e. The average molecular weight is 352 g/mol. The number of imidazole rings is 1. The largest absolute Gasteiger partial charge is 0.338 e. The van der Waals surface area contributed by atoms with Crippen LogP contribution < -0.4 is 11.0 Å². The Labute approximate surface area is 148 Å². The molecular weight excluding hydrogens is 338 g/mol. The Hall–Kier alpha value is -3.12. The third-order valence-electron chi connectivity index (χ3n) is 3.85. The molecule has 0 unspecified atom stereocenters. The highest BCUT2D eigenvalue weighted by Gasteiger charge is 2.13. The van der Waals surface area contributed by atoms with Crippen molar-refractivity contribution in [2.45, 2.75) is 6.54 Å². The molecular formula is C18H14ClN5O. The van der Waals surface area contributed by atoms with Gasteiger partial charge in [-0.1, -0.05) is 41.9 Å². The Morgan fingerprint density at radius 1 is 1.04 bits per heavy atom. The molecule has 7 heteroatoms. The zero-order chi connectivity index (χ0) is 17.2. The smallest absolute Gasteiger partial charge is 0.328 e. The minimum atomic E-state index is -0.224. The highest BCUT2D eigenvalue weighted by Crippen LogP contribution is 2.22. The molecule has 4 aromatic rings. The van der Waals surface area contributed by atoms with Crippen LogP contribution in [0.3, 0.4) is 0 Å². The van der Waals surface area contributed by atoms with E-state index < -0.39 is 0 Å². The number of hydrogen-bond acceptors (Lipinski definition) is 4. The number of anilines is 2. The molecule has 0 fully saturated rings. The van der Waals surface area contributed by atoms with Gasteiger partial charge in [-0.3, -0.25) is 4.57 Å². The van der Waals surface area contributed by atoms with Crippen molar-refractivity contribution < 1.29 is 0 Å². The number of halogens is 1. The van der Waals surface area contributed by atoms with Crippen LogP contribution in [-0.2, 0) is 6.54 Å². The van der Waals surface area contributed by atoms with Gasteiger partial charge < -0.3 is 10.3 Å². The molecule has 2 aromatic heterocycles. The van der Waals surface area contributed by atoms with Crippen LogP contribution in [-0.4, -0.2) is 19.5 Å². The first-order chi connectivity index (χ1) is 12.2. The van der Waals surface area contributed by atoms with Crippen molar-refractivity contribution in [2.75, 3.05) is 5.32 Å². The van der Waals surface area contributed by atoms with Crippen LogP contribution in [0, 0.1) is 0 Å². The lowest BCUT2D eigenvalue weighted by atomic mass is 10.2. The van der Waals surface area contributed by atoms with Gasteiger partial charge in [0.15, 0.2) is 11.5 Å². The molecule has 2 heterocycles. The zero-order valence-electron chi connectivity index (χ0n) is 13.1. The van der Waals surface area contributed by atoms with Crippen molar-refractivity contribution in [2.24, 2.45) is 0 Å². The second-order valence-corrected chi connectivity index (χ2v) is 5.99. The fourth-order valence-electron chi connectivity index (χ4n) is 2.64. The molecule has 0 spiro atoms. The van der Waals surface area contributed by atoms with Crippen LogP contribution in [0.5, 0.6) is 0 Å². The Morgan fingerprint density at radius 3 is 2.56 bits per heavy atom. The molecule has 0 aliphatic rings. The molecule has 0 saturated heterocycles. The van der Waals surface area contributed by atoms with Crippen molar-refractivity contribution in [3.63, 3.8) is 0 Å². The van der Waals surface area contributed by atoms with Crippen LogP contribution in [0.2, 0.25) is 5.02 Å². The number of aromatic nitrogens is 4. The van der Waals surface area contributed by atoms with E-state index in [-0.39, 0.29) is 5.69 Å². The SMILES string of the molecule is O=c1[nH]c2c(Nc3ccc(Cl)cc3)ncnc2n1Cc1ccccc1. The van der Waals surface area contributed by atoms with E-state index in [0.29, 0.717) is 28.5 Å². The van der Waals surface area contributed by atoms with Crippen molar-refractivity contribution in [1.29, 1.82) is 0 Å². The van der Waals surface area contributed by atoms with E-state index in [4.69, 9.17) is 11.6 Å². The second kappa shape index (κ2) is 6.41. The van der Waals surface area contributed by atoms with Crippen LogP contribution >= 0.6 is 11.6 Å². The van der Waals surface area contributed by atoms with Crippen LogP contribution in [0.15, 0.2) is 65.7 Å². The summed E-state index contributed by atoms with van der Waals surface area (Å²) in [5, 5.41) is 3.84. The van der Waals surface area contributed by atoms with Gasteiger partial charge in [0.1, 0.15) is 11.8 Å². The van der Waals surface area contributed by atoms with Crippen LogP contribution in [0.4, 0.5) is 11.5 Å². The number of aromatic amines is 1. The van der Waals surface area contributed by atoms with E-state index in [9.17, 15) is 4.79 Å². The highest BCUT2D eigenvalue weighted by molar-refractivity contribution is 6.30.